The molecule has 1 aliphatic rings. The van der Waals surface area contributed by atoms with Gasteiger partial charge >= 0.3 is 0 Å². The molecule has 1 aromatic carbocycles. The first-order valence-electron chi connectivity index (χ1n) is 10.1. The van der Waals surface area contributed by atoms with Crippen LogP contribution in [0.15, 0.2) is 24.4 Å². The van der Waals surface area contributed by atoms with Gasteiger partial charge in [-0.1, -0.05) is 24.3 Å². The third-order valence-corrected chi connectivity index (χ3v) is 6.43. The second-order valence-corrected chi connectivity index (χ2v) is 8.37. The van der Waals surface area contributed by atoms with E-state index in [0.717, 1.165) is 60.2 Å². The molecule has 0 atom stereocenters. The van der Waals surface area contributed by atoms with Crippen LogP contribution in [-0.2, 0) is 18.2 Å². The minimum atomic E-state index is -0.0504. The molecule has 29 heavy (non-hydrogen) atoms. The highest BCUT2D eigenvalue weighted by molar-refractivity contribution is 7.22. The summed E-state index contributed by atoms with van der Waals surface area (Å²) in [6.45, 7) is 8.73. The van der Waals surface area contributed by atoms with Crippen LogP contribution < -0.4 is 4.90 Å². The van der Waals surface area contributed by atoms with Gasteiger partial charge in [0.25, 0.3) is 5.91 Å². The average Bonchev–Trinajstić information content (AvgIpc) is 3.30. The van der Waals surface area contributed by atoms with E-state index in [0.29, 0.717) is 12.2 Å². The first-order chi connectivity index (χ1) is 14.1. The Balaban J connectivity index is 1.66. The Morgan fingerprint density at radius 2 is 2.10 bits per heavy atom. The number of amides is 1. The van der Waals surface area contributed by atoms with Gasteiger partial charge in [-0.25, -0.2) is 4.98 Å². The number of morpholine rings is 1. The van der Waals surface area contributed by atoms with Gasteiger partial charge in [-0.3, -0.25) is 19.3 Å². The second kappa shape index (κ2) is 8.61. The number of carbonyl (C=O) groups is 1. The van der Waals surface area contributed by atoms with Gasteiger partial charge in [0.2, 0.25) is 0 Å². The Hall–Kier alpha value is -2.29. The van der Waals surface area contributed by atoms with Gasteiger partial charge < -0.3 is 4.74 Å². The molecule has 3 aromatic rings. The number of rotatable bonds is 6. The molecule has 4 rings (SSSR count). The molecule has 0 radical (unpaired) electrons. The Bertz CT molecular complexity index is 986. The van der Waals surface area contributed by atoms with Crippen LogP contribution in [-0.4, -0.2) is 65.0 Å². The number of carbonyl (C=O) groups excluding carboxylic acids is 1. The van der Waals surface area contributed by atoms with Gasteiger partial charge in [0.05, 0.1) is 29.6 Å². The summed E-state index contributed by atoms with van der Waals surface area (Å²) in [5, 5.41) is 5.00. The molecule has 0 bridgehead atoms. The normalized spacial score (nSPS) is 15.1. The summed E-state index contributed by atoms with van der Waals surface area (Å²) in [6.07, 6.45) is 2.72. The molecule has 3 heterocycles. The number of hydrogen-bond donors (Lipinski definition) is 0. The summed E-state index contributed by atoms with van der Waals surface area (Å²) < 4.78 is 8.22. The number of benzene rings is 1. The number of aryl methyl sites for hydroxylation is 3. The Labute approximate surface area is 174 Å². The van der Waals surface area contributed by atoms with Crippen molar-refractivity contribution in [3.05, 3.63) is 41.2 Å². The molecule has 1 fully saturated rings. The third-order valence-electron chi connectivity index (χ3n) is 5.39. The summed E-state index contributed by atoms with van der Waals surface area (Å²) in [5.41, 5.74) is 3.71. The van der Waals surface area contributed by atoms with E-state index >= 15 is 0 Å². The quantitative estimate of drug-likeness (QED) is 0.622. The zero-order chi connectivity index (χ0) is 20.4. The fourth-order valence-electron chi connectivity index (χ4n) is 3.62. The number of aromatic nitrogens is 3. The molecule has 0 N–H and O–H groups in total. The summed E-state index contributed by atoms with van der Waals surface area (Å²) >= 11 is 1.58. The number of anilines is 1. The lowest BCUT2D eigenvalue weighted by molar-refractivity contribution is 0.0391. The van der Waals surface area contributed by atoms with E-state index in [1.165, 1.54) is 5.56 Å². The lowest BCUT2D eigenvalue weighted by Crippen LogP contribution is -2.43. The van der Waals surface area contributed by atoms with Crippen molar-refractivity contribution >= 4 is 32.6 Å². The number of nitrogens with zero attached hydrogens (tertiary/aromatic N) is 5. The van der Waals surface area contributed by atoms with E-state index in [1.807, 2.05) is 24.9 Å². The molecule has 7 nitrogen and oxygen atoms in total. The molecule has 1 saturated heterocycles. The smallest absolute Gasteiger partial charge is 0.278 e. The molecular weight excluding hydrogens is 386 g/mol. The Morgan fingerprint density at radius 3 is 2.79 bits per heavy atom. The van der Waals surface area contributed by atoms with Gasteiger partial charge in [-0.15, -0.1) is 0 Å². The maximum absolute atomic E-state index is 13.5. The number of ether oxygens (including phenoxy) is 1. The van der Waals surface area contributed by atoms with Crippen molar-refractivity contribution in [1.29, 1.82) is 0 Å². The van der Waals surface area contributed by atoms with Crippen molar-refractivity contribution < 1.29 is 9.53 Å². The predicted molar refractivity (Wildman–Crippen MR) is 116 cm³/mol. The average molecular weight is 414 g/mol. The van der Waals surface area contributed by atoms with E-state index in [1.54, 1.807) is 22.2 Å². The molecule has 8 heteroatoms. The van der Waals surface area contributed by atoms with Gasteiger partial charge in [0, 0.05) is 33.2 Å². The standard InChI is InChI=1S/C21H27N5O2S/c1-4-16-5-6-17-18(13-16)29-21(23-17)26(8-7-25-9-11-28-12-10-25)20(27)19-15(2)14-22-24(19)3/h5-6,13-14H,4,7-12H2,1-3H3. The largest absolute Gasteiger partial charge is 0.379 e. The summed E-state index contributed by atoms with van der Waals surface area (Å²) in [7, 11) is 1.81. The van der Waals surface area contributed by atoms with Crippen LogP contribution in [0.3, 0.4) is 0 Å². The lowest BCUT2D eigenvalue weighted by atomic mass is 10.2. The Kier molecular flexibility index (Phi) is 5.94. The van der Waals surface area contributed by atoms with Crippen molar-refractivity contribution in [3.8, 4) is 0 Å². The van der Waals surface area contributed by atoms with Crippen molar-refractivity contribution in [1.82, 2.24) is 19.7 Å². The SMILES string of the molecule is CCc1ccc2nc(N(CCN3CCOCC3)C(=O)c3c(C)cnn3C)sc2c1. The molecule has 1 amide bonds. The zero-order valence-electron chi connectivity index (χ0n) is 17.2. The number of thiazole rings is 1. The minimum absolute atomic E-state index is 0.0504. The van der Waals surface area contributed by atoms with Crippen LogP contribution in [0, 0.1) is 6.92 Å². The molecule has 154 valence electrons. The van der Waals surface area contributed by atoms with Crippen molar-refractivity contribution in [2.45, 2.75) is 20.3 Å². The highest BCUT2D eigenvalue weighted by Gasteiger charge is 2.26. The third kappa shape index (κ3) is 4.19. The molecule has 1 aliphatic heterocycles. The first kappa shape index (κ1) is 20.0. The summed E-state index contributed by atoms with van der Waals surface area (Å²) in [5.74, 6) is -0.0504. The van der Waals surface area contributed by atoms with Gasteiger partial charge in [-0.2, -0.15) is 5.10 Å². The molecular formula is C21H27N5O2S. The van der Waals surface area contributed by atoms with E-state index in [9.17, 15) is 4.79 Å². The van der Waals surface area contributed by atoms with Crippen LogP contribution in [0.4, 0.5) is 5.13 Å². The predicted octanol–water partition coefficient (Wildman–Crippen LogP) is 2.88. The topological polar surface area (TPSA) is 63.5 Å². The minimum Gasteiger partial charge on any atom is -0.379 e. The highest BCUT2D eigenvalue weighted by atomic mass is 32.1. The van der Waals surface area contributed by atoms with Crippen LogP contribution in [0.1, 0.15) is 28.5 Å². The van der Waals surface area contributed by atoms with E-state index in [2.05, 4.69) is 29.1 Å². The molecule has 0 saturated carbocycles. The maximum atomic E-state index is 13.5. The van der Waals surface area contributed by atoms with E-state index < -0.39 is 0 Å². The maximum Gasteiger partial charge on any atom is 0.278 e. The van der Waals surface area contributed by atoms with E-state index in [-0.39, 0.29) is 5.91 Å². The molecule has 0 aliphatic carbocycles. The van der Waals surface area contributed by atoms with Crippen LogP contribution in [0.25, 0.3) is 10.2 Å². The van der Waals surface area contributed by atoms with Crippen LogP contribution in [0.2, 0.25) is 0 Å². The van der Waals surface area contributed by atoms with Gasteiger partial charge in [0.15, 0.2) is 5.13 Å². The van der Waals surface area contributed by atoms with Crippen LogP contribution in [0.5, 0.6) is 0 Å². The first-order valence-corrected chi connectivity index (χ1v) is 10.9. The molecule has 0 spiro atoms. The van der Waals surface area contributed by atoms with Crippen molar-refractivity contribution in [3.63, 3.8) is 0 Å². The summed E-state index contributed by atoms with van der Waals surface area (Å²) in [4.78, 5) is 22.5. The fraction of sp³-hybridized carbons (Fsp3) is 0.476. The lowest BCUT2D eigenvalue weighted by Gasteiger charge is -2.29. The number of fused-ring (bicyclic) bond motifs is 1. The van der Waals surface area contributed by atoms with Gasteiger partial charge in [0.1, 0.15) is 5.69 Å². The zero-order valence-corrected chi connectivity index (χ0v) is 18.0. The highest BCUT2D eigenvalue weighted by Crippen LogP contribution is 2.31. The molecule has 2 aromatic heterocycles. The number of hydrogen-bond acceptors (Lipinski definition) is 6. The fourth-order valence-corrected chi connectivity index (χ4v) is 4.68. The monoisotopic (exact) mass is 413 g/mol. The van der Waals surface area contributed by atoms with Crippen molar-refractivity contribution in [2.24, 2.45) is 7.05 Å². The summed E-state index contributed by atoms with van der Waals surface area (Å²) in [6, 6.07) is 6.33. The Morgan fingerprint density at radius 1 is 1.31 bits per heavy atom. The van der Waals surface area contributed by atoms with Crippen molar-refractivity contribution in [2.75, 3.05) is 44.3 Å². The van der Waals surface area contributed by atoms with E-state index in [4.69, 9.17) is 9.72 Å². The molecule has 0 unspecified atom stereocenters. The van der Waals surface area contributed by atoms with Gasteiger partial charge in [-0.05, 0) is 36.6 Å². The van der Waals surface area contributed by atoms with Crippen LogP contribution >= 0.6 is 11.3 Å². The second-order valence-electron chi connectivity index (χ2n) is 7.36.